The van der Waals surface area contributed by atoms with Crippen molar-refractivity contribution in [1.29, 1.82) is 0 Å². The maximum absolute atomic E-state index is 11.2. The van der Waals surface area contributed by atoms with E-state index in [2.05, 4.69) is 10.6 Å². The molecule has 2 rings (SSSR count). The number of amides is 2. The summed E-state index contributed by atoms with van der Waals surface area (Å²) in [5, 5.41) is 5.74. The largest absolute Gasteiger partial charge is 0.336 e. The summed E-state index contributed by atoms with van der Waals surface area (Å²) in [5.41, 5.74) is 1.18. The van der Waals surface area contributed by atoms with E-state index in [1.54, 1.807) is 0 Å². The zero-order chi connectivity index (χ0) is 9.97. The van der Waals surface area contributed by atoms with E-state index in [4.69, 9.17) is 0 Å². The Morgan fingerprint density at radius 2 is 1.93 bits per heavy atom. The molecule has 2 atom stereocenters. The number of carbonyl (C=O) groups excluding carboxylic acids is 1. The van der Waals surface area contributed by atoms with E-state index in [9.17, 15) is 4.79 Å². The van der Waals surface area contributed by atoms with Gasteiger partial charge in [0.1, 0.15) is 0 Å². The first kappa shape index (κ1) is 9.06. The van der Waals surface area contributed by atoms with Gasteiger partial charge in [-0.3, -0.25) is 0 Å². The average Bonchev–Trinajstić information content (AvgIpc) is 2.18. The monoisotopic (exact) mass is 190 g/mol. The molecular weight excluding hydrogens is 176 g/mol. The summed E-state index contributed by atoms with van der Waals surface area (Å²) in [6.07, 6.45) is 0.940. The molecule has 0 spiro atoms. The third-order valence-electron chi connectivity index (χ3n) is 2.47. The molecule has 0 bridgehead atoms. The predicted molar refractivity (Wildman–Crippen MR) is 54.9 cm³/mol. The molecule has 0 unspecified atom stereocenters. The molecule has 3 nitrogen and oxygen atoms in total. The number of hydrogen-bond donors (Lipinski definition) is 2. The molecule has 1 fully saturated rings. The number of benzene rings is 1. The first-order chi connectivity index (χ1) is 6.75. The Kier molecular flexibility index (Phi) is 2.39. The number of carbonyl (C=O) groups is 1. The van der Waals surface area contributed by atoms with E-state index in [-0.39, 0.29) is 18.1 Å². The second kappa shape index (κ2) is 3.70. The van der Waals surface area contributed by atoms with Gasteiger partial charge in [-0.15, -0.1) is 0 Å². The highest BCUT2D eigenvalue weighted by Crippen LogP contribution is 2.20. The fourth-order valence-corrected chi connectivity index (χ4v) is 1.80. The Labute approximate surface area is 83.5 Å². The first-order valence-corrected chi connectivity index (χ1v) is 4.87. The van der Waals surface area contributed by atoms with Crippen molar-refractivity contribution in [3.63, 3.8) is 0 Å². The number of hydrogen-bond acceptors (Lipinski definition) is 1. The minimum Gasteiger partial charge on any atom is -0.336 e. The van der Waals surface area contributed by atoms with Gasteiger partial charge in [-0.2, -0.15) is 0 Å². The van der Waals surface area contributed by atoms with E-state index < -0.39 is 0 Å². The molecule has 0 aliphatic carbocycles. The summed E-state index contributed by atoms with van der Waals surface area (Å²) in [6, 6.07) is 10.4. The summed E-state index contributed by atoms with van der Waals surface area (Å²) in [6.45, 7) is 2.02. The van der Waals surface area contributed by atoms with E-state index in [0.29, 0.717) is 0 Å². The summed E-state index contributed by atoms with van der Waals surface area (Å²) in [7, 11) is 0. The zero-order valence-corrected chi connectivity index (χ0v) is 8.16. The maximum Gasteiger partial charge on any atom is 0.315 e. The van der Waals surface area contributed by atoms with Gasteiger partial charge in [0.25, 0.3) is 0 Å². The Morgan fingerprint density at radius 1 is 1.21 bits per heavy atom. The lowest BCUT2D eigenvalue weighted by Crippen LogP contribution is -2.49. The topological polar surface area (TPSA) is 41.1 Å². The van der Waals surface area contributed by atoms with Gasteiger partial charge in [0, 0.05) is 6.04 Å². The second-order valence-corrected chi connectivity index (χ2v) is 3.72. The van der Waals surface area contributed by atoms with Gasteiger partial charge in [0.05, 0.1) is 6.04 Å². The van der Waals surface area contributed by atoms with Crippen LogP contribution in [0.15, 0.2) is 30.3 Å². The molecule has 1 saturated heterocycles. The molecular formula is C11H14N2O. The van der Waals surface area contributed by atoms with E-state index in [1.807, 2.05) is 37.3 Å². The molecule has 1 aromatic rings. The standard InChI is InChI=1S/C11H14N2O/c1-8-7-10(13-11(14)12-8)9-5-3-2-4-6-9/h2-6,8,10H,7H2,1H3,(H2,12,13,14)/t8-,10-/m1/s1. The molecule has 1 heterocycles. The molecule has 2 amide bonds. The van der Waals surface area contributed by atoms with Crippen LogP contribution in [-0.2, 0) is 0 Å². The summed E-state index contributed by atoms with van der Waals surface area (Å²) in [5.74, 6) is 0. The lowest BCUT2D eigenvalue weighted by molar-refractivity contribution is 0.221. The van der Waals surface area contributed by atoms with Crippen LogP contribution in [0.1, 0.15) is 24.9 Å². The molecule has 2 N–H and O–H groups in total. The molecule has 1 aliphatic rings. The van der Waals surface area contributed by atoms with Crippen LogP contribution in [0.4, 0.5) is 4.79 Å². The fourth-order valence-electron chi connectivity index (χ4n) is 1.80. The van der Waals surface area contributed by atoms with Crippen LogP contribution in [-0.4, -0.2) is 12.1 Å². The molecule has 3 heteroatoms. The Morgan fingerprint density at radius 3 is 2.57 bits per heavy atom. The van der Waals surface area contributed by atoms with Gasteiger partial charge in [-0.1, -0.05) is 30.3 Å². The Hall–Kier alpha value is -1.51. The van der Waals surface area contributed by atoms with Crippen molar-refractivity contribution in [3.8, 4) is 0 Å². The molecule has 0 radical (unpaired) electrons. The fraction of sp³-hybridized carbons (Fsp3) is 0.364. The molecule has 1 aliphatic heterocycles. The summed E-state index contributed by atoms with van der Waals surface area (Å²) >= 11 is 0. The number of nitrogens with one attached hydrogen (secondary N) is 2. The van der Waals surface area contributed by atoms with Gasteiger partial charge in [0.2, 0.25) is 0 Å². The average molecular weight is 190 g/mol. The smallest absolute Gasteiger partial charge is 0.315 e. The van der Waals surface area contributed by atoms with Crippen LogP contribution < -0.4 is 10.6 Å². The minimum absolute atomic E-state index is 0.0717. The van der Waals surface area contributed by atoms with Crippen molar-refractivity contribution >= 4 is 6.03 Å². The normalized spacial score (nSPS) is 26.5. The van der Waals surface area contributed by atoms with E-state index >= 15 is 0 Å². The van der Waals surface area contributed by atoms with Gasteiger partial charge in [-0.05, 0) is 18.9 Å². The molecule has 1 aromatic carbocycles. The highest BCUT2D eigenvalue weighted by atomic mass is 16.2. The highest BCUT2D eigenvalue weighted by Gasteiger charge is 2.23. The van der Waals surface area contributed by atoms with Crippen LogP contribution in [0.2, 0.25) is 0 Å². The second-order valence-electron chi connectivity index (χ2n) is 3.72. The lowest BCUT2D eigenvalue weighted by atomic mass is 9.98. The van der Waals surface area contributed by atoms with Crippen molar-refractivity contribution in [3.05, 3.63) is 35.9 Å². The van der Waals surface area contributed by atoms with E-state index in [0.717, 1.165) is 6.42 Å². The van der Waals surface area contributed by atoms with Crippen molar-refractivity contribution in [2.75, 3.05) is 0 Å². The zero-order valence-electron chi connectivity index (χ0n) is 8.16. The van der Waals surface area contributed by atoms with Crippen LogP contribution in [0, 0.1) is 0 Å². The quantitative estimate of drug-likeness (QED) is 0.696. The molecule has 0 aromatic heterocycles. The number of rotatable bonds is 1. The van der Waals surface area contributed by atoms with Gasteiger partial charge >= 0.3 is 6.03 Å². The van der Waals surface area contributed by atoms with Crippen LogP contribution in [0.25, 0.3) is 0 Å². The van der Waals surface area contributed by atoms with Crippen LogP contribution >= 0.6 is 0 Å². The van der Waals surface area contributed by atoms with Crippen molar-refractivity contribution in [2.24, 2.45) is 0 Å². The maximum atomic E-state index is 11.2. The Bertz CT molecular complexity index is 323. The number of urea groups is 1. The third-order valence-corrected chi connectivity index (χ3v) is 2.47. The SMILES string of the molecule is C[C@@H]1C[C@H](c2ccccc2)NC(=O)N1. The third kappa shape index (κ3) is 1.87. The van der Waals surface area contributed by atoms with Crippen LogP contribution in [0.5, 0.6) is 0 Å². The summed E-state index contributed by atoms with van der Waals surface area (Å²) in [4.78, 5) is 11.2. The van der Waals surface area contributed by atoms with Gasteiger partial charge in [-0.25, -0.2) is 4.79 Å². The first-order valence-electron chi connectivity index (χ1n) is 4.87. The van der Waals surface area contributed by atoms with Gasteiger partial charge in [0.15, 0.2) is 0 Å². The molecule has 14 heavy (non-hydrogen) atoms. The Balaban J connectivity index is 2.15. The minimum atomic E-state index is -0.0717. The van der Waals surface area contributed by atoms with Crippen molar-refractivity contribution in [2.45, 2.75) is 25.4 Å². The molecule has 0 saturated carbocycles. The predicted octanol–water partition coefficient (Wildman–Crippen LogP) is 1.82. The highest BCUT2D eigenvalue weighted by molar-refractivity contribution is 5.75. The van der Waals surface area contributed by atoms with E-state index in [1.165, 1.54) is 5.56 Å². The van der Waals surface area contributed by atoms with Crippen molar-refractivity contribution in [1.82, 2.24) is 10.6 Å². The molecule has 74 valence electrons. The lowest BCUT2D eigenvalue weighted by Gasteiger charge is -2.29. The van der Waals surface area contributed by atoms with Crippen molar-refractivity contribution < 1.29 is 4.79 Å². The van der Waals surface area contributed by atoms with Crippen LogP contribution in [0.3, 0.4) is 0 Å². The summed E-state index contributed by atoms with van der Waals surface area (Å²) < 4.78 is 0. The van der Waals surface area contributed by atoms with Gasteiger partial charge < -0.3 is 10.6 Å².